The van der Waals surface area contributed by atoms with E-state index in [2.05, 4.69) is 38.7 Å². The van der Waals surface area contributed by atoms with Crippen LogP contribution in [0.5, 0.6) is 0 Å². The molecular formula is C15H25NO2. The topological polar surface area (TPSA) is 34.4 Å². The summed E-state index contributed by atoms with van der Waals surface area (Å²) < 4.78 is 11.2. The summed E-state index contributed by atoms with van der Waals surface area (Å²) in [5.41, 5.74) is 1.19. The quantitative estimate of drug-likeness (QED) is 0.539. The lowest BCUT2D eigenvalue weighted by atomic mass is 10.2. The zero-order valence-corrected chi connectivity index (χ0v) is 11.8. The fraction of sp³-hybridized carbons (Fsp3) is 0.600. The first-order valence-corrected chi connectivity index (χ1v) is 6.61. The van der Waals surface area contributed by atoms with Crippen LogP contribution in [-0.2, 0) is 17.9 Å². The molecule has 0 bridgehead atoms. The van der Waals surface area contributed by atoms with Gasteiger partial charge in [-0.25, -0.2) is 0 Å². The Morgan fingerprint density at radius 2 is 2.28 bits per heavy atom. The molecule has 0 aromatic carbocycles. The number of hydrogen-bond donors (Lipinski definition) is 1. The zero-order chi connectivity index (χ0) is 13.4. The minimum atomic E-state index is 0.541. The van der Waals surface area contributed by atoms with E-state index in [-0.39, 0.29) is 0 Å². The standard InChI is InChI=1S/C15H25NO2/c1-5-6-7-17-11-14-8-13(4)15(18-14)10-16-9-12(2)3/h5,8,12,16H,1,6-7,9-11H2,2-4H3. The Kier molecular flexibility index (Phi) is 6.76. The van der Waals surface area contributed by atoms with Gasteiger partial charge in [-0.05, 0) is 37.4 Å². The van der Waals surface area contributed by atoms with E-state index in [0.29, 0.717) is 19.1 Å². The van der Waals surface area contributed by atoms with E-state index in [0.717, 1.165) is 31.0 Å². The summed E-state index contributed by atoms with van der Waals surface area (Å²) in [6.07, 6.45) is 2.73. The van der Waals surface area contributed by atoms with Crippen LogP contribution in [0.3, 0.4) is 0 Å². The third-order valence-corrected chi connectivity index (χ3v) is 2.62. The van der Waals surface area contributed by atoms with E-state index in [9.17, 15) is 0 Å². The average Bonchev–Trinajstić information content (AvgIpc) is 2.65. The molecule has 0 fully saturated rings. The number of hydrogen-bond acceptors (Lipinski definition) is 3. The molecule has 0 spiro atoms. The predicted molar refractivity (Wildman–Crippen MR) is 74.5 cm³/mol. The first kappa shape index (κ1) is 15.0. The highest BCUT2D eigenvalue weighted by atomic mass is 16.5. The molecule has 0 saturated heterocycles. The highest BCUT2D eigenvalue weighted by molar-refractivity contribution is 5.19. The molecule has 0 aliphatic rings. The first-order valence-electron chi connectivity index (χ1n) is 6.61. The van der Waals surface area contributed by atoms with Gasteiger partial charge in [-0.2, -0.15) is 0 Å². The number of aryl methyl sites for hydroxylation is 1. The zero-order valence-electron chi connectivity index (χ0n) is 11.8. The highest BCUT2D eigenvalue weighted by Gasteiger charge is 2.07. The summed E-state index contributed by atoms with van der Waals surface area (Å²) in [6.45, 7) is 13.2. The van der Waals surface area contributed by atoms with Crippen molar-refractivity contribution in [2.45, 2.75) is 40.3 Å². The lowest BCUT2D eigenvalue weighted by Crippen LogP contribution is -2.18. The molecule has 0 aliphatic heterocycles. The van der Waals surface area contributed by atoms with Crippen LogP contribution in [0.2, 0.25) is 0 Å². The minimum Gasteiger partial charge on any atom is -0.462 e. The Balaban J connectivity index is 2.36. The van der Waals surface area contributed by atoms with Crippen LogP contribution < -0.4 is 5.32 Å². The highest BCUT2D eigenvalue weighted by Crippen LogP contribution is 2.15. The Morgan fingerprint density at radius 1 is 1.50 bits per heavy atom. The van der Waals surface area contributed by atoms with Gasteiger partial charge in [0.05, 0.1) is 13.2 Å². The van der Waals surface area contributed by atoms with Crippen LogP contribution >= 0.6 is 0 Å². The molecule has 0 unspecified atom stereocenters. The van der Waals surface area contributed by atoms with Crippen molar-refractivity contribution in [1.29, 1.82) is 0 Å². The van der Waals surface area contributed by atoms with Gasteiger partial charge in [0.25, 0.3) is 0 Å². The summed E-state index contributed by atoms with van der Waals surface area (Å²) in [7, 11) is 0. The maximum Gasteiger partial charge on any atom is 0.130 e. The largest absolute Gasteiger partial charge is 0.462 e. The first-order chi connectivity index (χ1) is 8.63. The molecular weight excluding hydrogens is 226 g/mol. The van der Waals surface area contributed by atoms with Crippen LogP contribution in [0.4, 0.5) is 0 Å². The van der Waals surface area contributed by atoms with Gasteiger partial charge in [-0.3, -0.25) is 0 Å². The van der Waals surface area contributed by atoms with Crippen LogP contribution in [-0.4, -0.2) is 13.2 Å². The van der Waals surface area contributed by atoms with Gasteiger partial charge in [0.2, 0.25) is 0 Å². The molecule has 3 nitrogen and oxygen atoms in total. The van der Waals surface area contributed by atoms with Gasteiger partial charge in [0, 0.05) is 0 Å². The fourth-order valence-electron chi connectivity index (χ4n) is 1.65. The number of rotatable bonds is 9. The van der Waals surface area contributed by atoms with E-state index in [4.69, 9.17) is 9.15 Å². The van der Waals surface area contributed by atoms with E-state index in [1.165, 1.54) is 5.56 Å². The van der Waals surface area contributed by atoms with Crippen molar-refractivity contribution in [1.82, 2.24) is 5.32 Å². The van der Waals surface area contributed by atoms with Crippen molar-refractivity contribution >= 4 is 0 Å². The second kappa shape index (κ2) is 8.11. The van der Waals surface area contributed by atoms with Crippen LogP contribution in [0.15, 0.2) is 23.1 Å². The van der Waals surface area contributed by atoms with Crippen LogP contribution in [0.25, 0.3) is 0 Å². The van der Waals surface area contributed by atoms with E-state index in [1.54, 1.807) is 0 Å². The molecule has 1 aromatic rings. The third kappa shape index (κ3) is 5.52. The minimum absolute atomic E-state index is 0.541. The average molecular weight is 251 g/mol. The summed E-state index contributed by atoms with van der Waals surface area (Å²) in [4.78, 5) is 0. The number of ether oxygens (including phenoxy) is 1. The maximum atomic E-state index is 5.76. The molecule has 0 radical (unpaired) electrons. The van der Waals surface area contributed by atoms with Gasteiger partial charge in [-0.1, -0.05) is 19.9 Å². The lowest BCUT2D eigenvalue weighted by molar-refractivity contribution is 0.109. The lowest BCUT2D eigenvalue weighted by Gasteiger charge is -2.06. The molecule has 0 saturated carbocycles. The molecule has 3 heteroatoms. The second-order valence-electron chi connectivity index (χ2n) is 4.97. The summed E-state index contributed by atoms with van der Waals surface area (Å²) in [6, 6.07) is 2.06. The van der Waals surface area contributed by atoms with Gasteiger partial charge < -0.3 is 14.5 Å². The predicted octanol–water partition coefficient (Wildman–Crippen LogP) is 3.43. The third-order valence-electron chi connectivity index (χ3n) is 2.62. The molecule has 1 heterocycles. The Labute approximate surface area is 110 Å². The molecule has 18 heavy (non-hydrogen) atoms. The van der Waals surface area contributed by atoms with Crippen LogP contribution in [0.1, 0.15) is 37.4 Å². The molecule has 0 amide bonds. The van der Waals surface area contributed by atoms with E-state index < -0.39 is 0 Å². The van der Waals surface area contributed by atoms with Gasteiger partial charge >= 0.3 is 0 Å². The Bertz CT molecular complexity index is 355. The summed E-state index contributed by atoms with van der Waals surface area (Å²) in [5.74, 6) is 2.57. The van der Waals surface area contributed by atoms with E-state index >= 15 is 0 Å². The van der Waals surface area contributed by atoms with Gasteiger partial charge in [-0.15, -0.1) is 6.58 Å². The Hall–Kier alpha value is -1.06. The normalized spacial score (nSPS) is 11.1. The summed E-state index contributed by atoms with van der Waals surface area (Å²) in [5, 5.41) is 3.38. The van der Waals surface area contributed by atoms with E-state index in [1.807, 2.05) is 6.08 Å². The SMILES string of the molecule is C=CCCOCc1cc(C)c(CNCC(C)C)o1. The van der Waals surface area contributed by atoms with Gasteiger partial charge in [0.15, 0.2) is 0 Å². The van der Waals surface area contributed by atoms with Crippen molar-refractivity contribution in [2.75, 3.05) is 13.2 Å². The van der Waals surface area contributed by atoms with Crippen molar-refractivity contribution in [3.63, 3.8) is 0 Å². The molecule has 1 aromatic heterocycles. The van der Waals surface area contributed by atoms with Crippen molar-refractivity contribution in [3.8, 4) is 0 Å². The monoisotopic (exact) mass is 251 g/mol. The maximum absolute atomic E-state index is 5.76. The van der Waals surface area contributed by atoms with Crippen molar-refractivity contribution < 1.29 is 9.15 Å². The summed E-state index contributed by atoms with van der Waals surface area (Å²) >= 11 is 0. The smallest absolute Gasteiger partial charge is 0.130 e. The second-order valence-corrected chi connectivity index (χ2v) is 4.97. The molecule has 1 rings (SSSR count). The molecule has 0 atom stereocenters. The fourth-order valence-corrected chi connectivity index (χ4v) is 1.65. The molecule has 102 valence electrons. The van der Waals surface area contributed by atoms with Crippen molar-refractivity contribution in [3.05, 3.63) is 35.8 Å². The van der Waals surface area contributed by atoms with Crippen LogP contribution in [0, 0.1) is 12.8 Å². The van der Waals surface area contributed by atoms with Crippen molar-refractivity contribution in [2.24, 2.45) is 5.92 Å². The van der Waals surface area contributed by atoms with Gasteiger partial charge in [0.1, 0.15) is 18.1 Å². The molecule has 1 N–H and O–H groups in total. The Morgan fingerprint density at radius 3 is 2.94 bits per heavy atom. The number of furan rings is 1. The number of nitrogens with one attached hydrogen (secondary N) is 1. The molecule has 0 aliphatic carbocycles.